The molecule has 1 saturated carbocycles. The summed E-state index contributed by atoms with van der Waals surface area (Å²) in [6, 6.07) is 7.77. The number of halogens is 1. The highest BCUT2D eigenvalue weighted by molar-refractivity contribution is 9.10. The van der Waals surface area contributed by atoms with Crippen molar-refractivity contribution < 1.29 is 19.4 Å². The number of carboxylic acid groups (broad SMARTS) is 1. The van der Waals surface area contributed by atoms with E-state index >= 15 is 0 Å². The molecule has 124 valence electrons. The van der Waals surface area contributed by atoms with Crippen molar-refractivity contribution >= 4 is 27.8 Å². The summed E-state index contributed by atoms with van der Waals surface area (Å²) in [7, 11) is 0. The zero-order valence-electron chi connectivity index (χ0n) is 12.8. The van der Waals surface area contributed by atoms with Crippen LogP contribution in [0.1, 0.15) is 31.2 Å². The van der Waals surface area contributed by atoms with E-state index in [-0.39, 0.29) is 12.5 Å². The molecule has 0 atom stereocenters. The number of nitrogens with one attached hydrogen (secondary N) is 1. The molecule has 2 fully saturated rings. The van der Waals surface area contributed by atoms with E-state index in [4.69, 9.17) is 4.74 Å². The molecule has 1 aliphatic heterocycles. The topological polar surface area (TPSA) is 75.6 Å². The summed E-state index contributed by atoms with van der Waals surface area (Å²) in [5.74, 6) is -0.915. The number of rotatable bonds is 5. The molecule has 0 aromatic heterocycles. The van der Waals surface area contributed by atoms with Crippen molar-refractivity contribution in [2.45, 2.75) is 31.1 Å². The van der Waals surface area contributed by atoms with Crippen LogP contribution in [0.15, 0.2) is 28.7 Å². The lowest BCUT2D eigenvalue weighted by molar-refractivity contribution is -0.154. The molecule has 1 aromatic carbocycles. The number of aliphatic carboxylic acids is 1. The number of hydrogen-bond acceptors (Lipinski definition) is 3. The molecule has 0 unspecified atom stereocenters. The zero-order valence-corrected chi connectivity index (χ0v) is 14.4. The van der Waals surface area contributed by atoms with Crippen LogP contribution < -0.4 is 5.32 Å². The number of hydrogen-bond donors (Lipinski definition) is 2. The first kappa shape index (κ1) is 16.5. The fraction of sp³-hybridized carbons (Fsp3) is 0.529. The molecule has 1 saturated heterocycles. The van der Waals surface area contributed by atoms with Gasteiger partial charge >= 0.3 is 5.97 Å². The normalized spacial score (nSPS) is 21.4. The van der Waals surface area contributed by atoms with Gasteiger partial charge in [0.1, 0.15) is 0 Å². The molecule has 2 N–H and O–H groups in total. The third-order valence-electron chi connectivity index (χ3n) is 5.07. The van der Waals surface area contributed by atoms with Crippen molar-refractivity contribution in [2.24, 2.45) is 5.41 Å². The molecule has 0 spiro atoms. The van der Waals surface area contributed by atoms with Crippen LogP contribution in [0.5, 0.6) is 0 Å². The Kier molecular flexibility index (Phi) is 4.47. The molecule has 0 bridgehead atoms. The lowest BCUT2D eigenvalue weighted by atomic mass is 9.80. The van der Waals surface area contributed by atoms with Crippen molar-refractivity contribution in [1.82, 2.24) is 5.32 Å². The van der Waals surface area contributed by atoms with Crippen LogP contribution in [-0.2, 0) is 19.7 Å². The summed E-state index contributed by atoms with van der Waals surface area (Å²) in [5.41, 5.74) is -0.385. The average Bonchev–Trinajstić information content (AvgIpc) is 3.36. The summed E-state index contributed by atoms with van der Waals surface area (Å²) in [5, 5.41) is 12.5. The minimum absolute atomic E-state index is 0.0630. The van der Waals surface area contributed by atoms with Gasteiger partial charge in [0.05, 0.1) is 10.8 Å². The first-order valence-electron chi connectivity index (χ1n) is 7.84. The van der Waals surface area contributed by atoms with Crippen molar-refractivity contribution in [3.63, 3.8) is 0 Å². The van der Waals surface area contributed by atoms with Crippen LogP contribution in [-0.4, -0.2) is 36.7 Å². The third-order valence-corrected chi connectivity index (χ3v) is 5.60. The second-order valence-corrected chi connectivity index (χ2v) is 7.39. The maximum absolute atomic E-state index is 12.7. The Morgan fingerprint density at radius 2 is 1.74 bits per heavy atom. The Balaban J connectivity index is 1.69. The van der Waals surface area contributed by atoms with E-state index in [2.05, 4.69) is 21.2 Å². The van der Waals surface area contributed by atoms with E-state index in [9.17, 15) is 14.7 Å². The van der Waals surface area contributed by atoms with Gasteiger partial charge in [-0.2, -0.15) is 0 Å². The van der Waals surface area contributed by atoms with Crippen molar-refractivity contribution in [2.75, 3.05) is 19.8 Å². The predicted octanol–water partition coefficient (Wildman–Crippen LogP) is 2.48. The average molecular weight is 382 g/mol. The molecule has 5 nitrogen and oxygen atoms in total. The van der Waals surface area contributed by atoms with Crippen molar-refractivity contribution in [3.05, 3.63) is 34.3 Å². The van der Waals surface area contributed by atoms with E-state index in [1.165, 1.54) is 0 Å². The second kappa shape index (κ2) is 6.24. The molecular formula is C17H20BrNO4. The minimum Gasteiger partial charge on any atom is -0.481 e. The summed E-state index contributed by atoms with van der Waals surface area (Å²) >= 11 is 3.40. The van der Waals surface area contributed by atoms with Crippen molar-refractivity contribution in [1.29, 1.82) is 0 Å². The maximum Gasteiger partial charge on any atom is 0.311 e. The van der Waals surface area contributed by atoms with E-state index in [1.807, 2.05) is 24.3 Å². The second-order valence-electron chi connectivity index (χ2n) is 6.47. The van der Waals surface area contributed by atoms with Gasteiger partial charge in [-0.25, -0.2) is 0 Å². The van der Waals surface area contributed by atoms with Gasteiger partial charge in [-0.05, 0) is 43.4 Å². The number of carbonyl (C=O) groups excluding carboxylic acids is 1. The molecular weight excluding hydrogens is 362 g/mol. The molecule has 1 amide bonds. The summed E-state index contributed by atoms with van der Waals surface area (Å²) in [4.78, 5) is 24.3. The minimum atomic E-state index is -0.899. The predicted molar refractivity (Wildman–Crippen MR) is 88.2 cm³/mol. The molecule has 2 aliphatic rings. The van der Waals surface area contributed by atoms with Gasteiger partial charge in [0.25, 0.3) is 0 Å². The molecule has 6 heteroatoms. The standard InChI is InChI=1S/C17H20BrNO4/c18-13-3-1-12(2-4-13)17(5-6-17)14(20)19-11-16(15(21)22)7-9-23-10-8-16/h1-4H,5-11H2,(H,19,20)(H,21,22). The van der Waals surface area contributed by atoms with Gasteiger partial charge in [0.15, 0.2) is 0 Å². The highest BCUT2D eigenvalue weighted by Crippen LogP contribution is 2.48. The number of carbonyl (C=O) groups is 2. The van der Waals surface area contributed by atoms with Gasteiger partial charge in [0, 0.05) is 24.2 Å². The van der Waals surface area contributed by atoms with Crippen LogP contribution in [0.3, 0.4) is 0 Å². The van der Waals surface area contributed by atoms with E-state index in [0.717, 1.165) is 22.9 Å². The van der Waals surface area contributed by atoms with Gasteiger partial charge in [-0.15, -0.1) is 0 Å². The Labute approximate surface area is 143 Å². The Hall–Kier alpha value is -1.40. The van der Waals surface area contributed by atoms with Crippen LogP contribution in [0.2, 0.25) is 0 Å². The van der Waals surface area contributed by atoms with Crippen LogP contribution in [0.25, 0.3) is 0 Å². The fourth-order valence-electron chi connectivity index (χ4n) is 3.19. The molecule has 1 aliphatic carbocycles. The van der Waals surface area contributed by atoms with Gasteiger partial charge in [-0.1, -0.05) is 28.1 Å². The monoisotopic (exact) mass is 381 g/mol. The Morgan fingerprint density at radius 3 is 2.26 bits per heavy atom. The van der Waals surface area contributed by atoms with Crippen LogP contribution in [0.4, 0.5) is 0 Å². The summed E-state index contributed by atoms with van der Waals surface area (Å²) < 4.78 is 6.24. The SMILES string of the molecule is O=C(O)C1(CNC(=O)C2(c3ccc(Br)cc3)CC2)CCOCC1. The van der Waals surface area contributed by atoms with Gasteiger partial charge in [-0.3, -0.25) is 9.59 Å². The third kappa shape index (κ3) is 3.15. The summed E-state index contributed by atoms with van der Waals surface area (Å²) in [6.45, 7) is 1.03. The Morgan fingerprint density at radius 1 is 1.13 bits per heavy atom. The lowest BCUT2D eigenvalue weighted by Gasteiger charge is -2.33. The zero-order chi connectivity index (χ0) is 16.5. The highest BCUT2D eigenvalue weighted by atomic mass is 79.9. The number of carboxylic acids is 1. The van der Waals surface area contributed by atoms with Gasteiger partial charge < -0.3 is 15.2 Å². The molecule has 0 radical (unpaired) electrons. The number of ether oxygens (including phenoxy) is 1. The van der Waals surface area contributed by atoms with Crippen LogP contribution in [0, 0.1) is 5.41 Å². The first-order chi connectivity index (χ1) is 11.0. The quantitative estimate of drug-likeness (QED) is 0.821. The molecule has 3 rings (SSSR count). The van der Waals surface area contributed by atoms with E-state index in [0.29, 0.717) is 26.1 Å². The molecule has 23 heavy (non-hydrogen) atoms. The fourth-order valence-corrected chi connectivity index (χ4v) is 3.45. The largest absolute Gasteiger partial charge is 0.481 e. The summed E-state index contributed by atoms with van der Waals surface area (Å²) in [6.07, 6.45) is 2.50. The molecule has 1 heterocycles. The maximum atomic E-state index is 12.7. The smallest absolute Gasteiger partial charge is 0.311 e. The Bertz CT molecular complexity index is 604. The number of amides is 1. The first-order valence-corrected chi connectivity index (χ1v) is 8.63. The van der Waals surface area contributed by atoms with Crippen LogP contribution >= 0.6 is 15.9 Å². The van der Waals surface area contributed by atoms with E-state index in [1.54, 1.807) is 0 Å². The number of benzene rings is 1. The van der Waals surface area contributed by atoms with Crippen molar-refractivity contribution in [3.8, 4) is 0 Å². The van der Waals surface area contributed by atoms with E-state index < -0.39 is 16.8 Å². The lowest BCUT2D eigenvalue weighted by Crippen LogP contribution is -2.48. The highest BCUT2D eigenvalue weighted by Gasteiger charge is 2.52. The van der Waals surface area contributed by atoms with Gasteiger partial charge in [0.2, 0.25) is 5.91 Å². The molecule has 1 aromatic rings.